The number of hydrogen-bond donors (Lipinski definition) is 2. The summed E-state index contributed by atoms with van der Waals surface area (Å²) in [6.45, 7) is 1.77. The van der Waals surface area contributed by atoms with E-state index in [1.54, 1.807) is 47.8 Å². The third-order valence-corrected chi connectivity index (χ3v) is 6.93. The van der Waals surface area contributed by atoms with Crippen LogP contribution in [-0.4, -0.2) is 39.7 Å². The van der Waals surface area contributed by atoms with Crippen molar-refractivity contribution in [2.75, 3.05) is 5.73 Å². The number of aryl methyl sites for hydroxylation is 1. The van der Waals surface area contributed by atoms with E-state index in [-0.39, 0.29) is 16.9 Å². The maximum absolute atomic E-state index is 14.0. The normalized spacial score (nSPS) is 11.8. The summed E-state index contributed by atoms with van der Waals surface area (Å²) in [6.07, 6.45) is 6.68. The van der Waals surface area contributed by atoms with E-state index in [1.165, 1.54) is 20.3 Å². The number of amides is 1. The standard InChI is InChI=1S/C27H21N9O2S/c1-16(31-25(37)21-23(28)33-35-12-6-11-29-24(21)35)22-20(18-7-4-3-5-8-18)26(38)36-19(15-39-27(36)32-22)10-9-17-13-30-34(2)14-17/h3-8,11-16H,1-2H3,(H2,28,33)(H,31,37)/t16-/m0/s1. The molecule has 0 radical (unpaired) electrons. The minimum Gasteiger partial charge on any atom is -0.381 e. The van der Waals surface area contributed by atoms with Crippen LogP contribution in [0.15, 0.2) is 71.4 Å². The first-order valence-corrected chi connectivity index (χ1v) is 12.8. The van der Waals surface area contributed by atoms with Gasteiger partial charge in [0.15, 0.2) is 16.4 Å². The highest BCUT2D eigenvalue weighted by molar-refractivity contribution is 7.15. The summed E-state index contributed by atoms with van der Waals surface area (Å²) >= 11 is 1.30. The van der Waals surface area contributed by atoms with Gasteiger partial charge in [0.1, 0.15) is 11.3 Å². The summed E-state index contributed by atoms with van der Waals surface area (Å²) in [5.74, 6) is 5.71. The summed E-state index contributed by atoms with van der Waals surface area (Å²) in [5.41, 5.74) is 8.98. The van der Waals surface area contributed by atoms with Crippen molar-refractivity contribution in [1.82, 2.24) is 39.1 Å². The highest BCUT2D eigenvalue weighted by Crippen LogP contribution is 2.27. The maximum Gasteiger partial charge on any atom is 0.267 e. The predicted molar refractivity (Wildman–Crippen MR) is 147 cm³/mol. The van der Waals surface area contributed by atoms with Crippen LogP contribution in [-0.2, 0) is 7.05 Å². The van der Waals surface area contributed by atoms with Crippen molar-refractivity contribution < 1.29 is 4.79 Å². The van der Waals surface area contributed by atoms with Gasteiger partial charge in [0.2, 0.25) is 0 Å². The minimum atomic E-state index is -0.643. The second-order valence-corrected chi connectivity index (χ2v) is 9.61. The lowest BCUT2D eigenvalue weighted by Gasteiger charge is -2.17. The van der Waals surface area contributed by atoms with Crippen molar-refractivity contribution in [1.29, 1.82) is 0 Å². The number of nitrogens with one attached hydrogen (secondary N) is 1. The van der Waals surface area contributed by atoms with Gasteiger partial charge in [-0.2, -0.15) is 5.10 Å². The SMILES string of the molecule is C[C@H](NC(=O)c1c(N)nn2cccnc12)c1nc2scc(C#Cc3cnn(C)c3)n2c(=O)c1-c1ccccc1. The lowest BCUT2D eigenvalue weighted by molar-refractivity contribution is 0.0941. The number of carbonyl (C=O) groups excluding carboxylic acids is 1. The smallest absolute Gasteiger partial charge is 0.267 e. The van der Waals surface area contributed by atoms with Gasteiger partial charge in [-0.25, -0.2) is 18.9 Å². The van der Waals surface area contributed by atoms with Gasteiger partial charge in [0, 0.05) is 31.0 Å². The van der Waals surface area contributed by atoms with E-state index in [2.05, 4.69) is 32.3 Å². The molecule has 0 saturated heterocycles. The highest BCUT2D eigenvalue weighted by atomic mass is 32.1. The van der Waals surface area contributed by atoms with E-state index in [4.69, 9.17) is 10.7 Å². The van der Waals surface area contributed by atoms with Crippen molar-refractivity contribution in [3.63, 3.8) is 0 Å². The van der Waals surface area contributed by atoms with Crippen LogP contribution in [0.2, 0.25) is 0 Å². The van der Waals surface area contributed by atoms with Crippen molar-refractivity contribution in [2.45, 2.75) is 13.0 Å². The number of fused-ring (bicyclic) bond motifs is 2. The average molecular weight is 536 g/mol. The summed E-state index contributed by atoms with van der Waals surface area (Å²) < 4.78 is 4.61. The van der Waals surface area contributed by atoms with E-state index in [0.717, 1.165) is 5.56 Å². The van der Waals surface area contributed by atoms with Gasteiger partial charge < -0.3 is 11.1 Å². The number of thiazole rings is 1. The summed E-state index contributed by atoms with van der Waals surface area (Å²) in [4.78, 5) is 36.8. The van der Waals surface area contributed by atoms with Crippen LogP contribution in [0.5, 0.6) is 0 Å². The molecule has 6 rings (SSSR count). The van der Waals surface area contributed by atoms with Crippen molar-refractivity contribution in [3.8, 4) is 23.0 Å². The van der Waals surface area contributed by atoms with Gasteiger partial charge in [0.05, 0.1) is 29.1 Å². The van der Waals surface area contributed by atoms with Crippen molar-refractivity contribution in [2.24, 2.45) is 7.05 Å². The molecule has 11 nitrogen and oxygen atoms in total. The fraction of sp³-hybridized carbons (Fsp3) is 0.111. The quantitative estimate of drug-likeness (QED) is 0.331. The van der Waals surface area contributed by atoms with Gasteiger partial charge >= 0.3 is 0 Å². The number of nitrogens with zero attached hydrogens (tertiary/aromatic N) is 7. The molecule has 3 N–H and O–H groups in total. The van der Waals surface area contributed by atoms with Crippen LogP contribution in [0.25, 0.3) is 21.7 Å². The summed E-state index contributed by atoms with van der Waals surface area (Å²) in [6, 6.07) is 10.3. The molecule has 0 aliphatic carbocycles. The van der Waals surface area contributed by atoms with E-state index in [9.17, 15) is 9.59 Å². The molecule has 5 heterocycles. The average Bonchev–Trinajstić information content (AvgIpc) is 3.63. The second kappa shape index (κ2) is 9.55. The lowest BCUT2D eigenvalue weighted by Crippen LogP contribution is -2.30. The molecule has 5 aromatic heterocycles. The third kappa shape index (κ3) is 4.30. The molecule has 1 aromatic carbocycles. The van der Waals surface area contributed by atoms with E-state index < -0.39 is 11.9 Å². The number of hydrogen-bond acceptors (Lipinski definition) is 8. The fourth-order valence-electron chi connectivity index (χ4n) is 4.33. The maximum atomic E-state index is 14.0. The van der Waals surface area contributed by atoms with E-state index in [1.807, 2.05) is 37.4 Å². The second-order valence-electron chi connectivity index (χ2n) is 8.78. The molecule has 0 aliphatic rings. The molecule has 0 bridgehead atoms. The largest absolute Gasteiger partial charge is 0.381 e. The topological polar surface area (TPSA) is 138 Å². The van der Waals surface area contributed by atoms with Crippen LogP contribution < -0.4 is 16.6 Å². The number of carbonyl (C=O) groups is 1. The van der Waals surface area contributed by atoms with Gasteiger partial charge in [-0.1, -0.05) is 36.3 Å². The van der Waals surface area contributed by atoms with Crippen molar-refractivity contribution in [3.05, 3.63) is 99.4 Å². The Morgan fingerprint density at radius 3 is 2.77 bits per heavy atom. The fourth-order valence-corrected chi connectivity index (χ4v) is 5.14. The molecule has 0 spiro atoms. The molecule has 12 heteroatoms. The lowest BCUT2D eigenvalue weighted by atomic mass is 10.0. The Morgan fingerprint density at radius 1 is 1.18 bits per heavy atom. The molecule has 1 amide bonds. The molecule has 0 aliphatic heterocycles. The molecule has 0 unspecified atom stereocenters. The molecular formula is C27H21N9O2S. The number of nitrogen functional groups attached to an aromatic ring is 1. The predicted octanol–water partition coefficient (Wildman–Crippen LogP) is 2.67. The first-order chi connectivity index (χ1) is 18.9. The Hall–Kier alpha value is -5.28. The Labute approximate surface area is 225 Å². The number of benzene rings is 1. The number of anilines is 1. The van der Waals surface area contributed by atoms with Crippen LogP contribution in [0.3, 0.4) is 0 Å². The first kappa shape index (κ1) is 24.1. The minimum absolute atomic E-state index is 0.0558. The van der Waals surface area contributed by atoms with Crippen LogP contribution in [0.4, 0.5) is 5.82 Å². The molecule has 0 saturated carbocycles. The molecular weight excluding hydrogens is 514 g/mol. The number of aromatic nitrogens is 7. The Kier molecular flexibility index (Phi) is 5.90. The zero-order valence-electron chi connectivity index (χ0n) is 20.9. The summed E-state index contributed by atoms with van der Waals surface area (Å²) in [7, 11) is 1.81. The van der Waals surface area contributed by atoms with Gasteiger partial charge in [-0.15, -0.1) is 16.4 Å². The molecule has 6 aromatic rings. The summed E-state index contributed by atoms with van der Waals surface area (Å²) in [5, 5.41) is 13.0. The molecule has 192 valence electrons. The van der Waals surface area contributed by atoms with Crippen molar-refractivity contribution >= 4 is 33.7 Å². The van der Waals surface area contributed by atoms with Crippen LogP contribution in [0, 0.1) is 11.8 Å². The van der Waals surface area contributed by atoms with E-state index in [0.29, 0.717) is 33.1 Å². The Morgan fingerprint density at radius 2 is 2.00 bits per heavy atom. The monoisotopic (exact) mass is 535 g/mol. The zero-order chi connectivity index (χ0) is 27.1. The number of rotatable bonds is 4. The van der Waals surface area contributed by atoms with E-state index >= 15 is 0 Å². The molecule has 1 atom stereocenters. The Balaban J connectivity index is 1.45. The highest BCUT2D eigenvalue weighted by Gasteiger charge is 2.25. The zero-order valence-corrected chi connectivity index (χ0v) is 21.7. The first-order valence-electron chi connectivity index (χ1n) is 11.9. The van der Waals surface area contributed by atoms with Crippen LogP contribution in [0.1, 0.15) is 40.3 Å². The number of nitrogens with two attached hydrogens (primary N) is 1. The third-order valence-electron chi connectivity index (χ3n) is 6.11. The molecule has 39 heavy (non-hydrogen) atoms. The van der Waals surface area contributed by atoms with Gasteiger partial charge in [-0.05, 0) is 24.5 Å². The van der Waals surface area contributed by atoms with Gasteiger partial charge in [-0.3, -0.25) is 14.3 Å². The van der Waals surface area contributed by atoms with Gasteiger partial charge in [0.25, 0.3) is 11.5 Å². The molecule has 0 fully saturated rings. The van der Waals surface area contributed by atoms with Crippen LogP contribution >= 0.6 is 11.3 Å². The Bertz CT molecular complexity index is 1990.